The maximum Gasteiger partial charge on any atom is 0.0818 e. The Labute approximate surface area is 308 Å². The molecule has 0 aliphatic rings. The van der Waals surface area contributed by atoms with Crippen LogP contribution in [0, 0.1) is 0 Å². The number of anilines is 7. The molecule has 1 heterocycles. The van der Waals surface area contributed by atoms with E-state index in [1.807, 2.05) is 72.8 Å². The van der Waals surface area contributed by atoms with Crippen LogP contribution in [0.3, 0.4) is 0 Å². The van der Waals surface area contributed by atoms with Crippen LogP contribution in [0.1, 0.15) is 0 Å². The van der Waals surface area contributed by atoms with Gasteiger partial charge in [0.15, 0.2) is 0 Å². The van der Waals surface area contributed by atoms with Crippen LogP contribution in [0.25, 0.3) is 11.3 Å². The van der Waals surface area contributed by atoms with Crippen molar-refractivity contribution in [3.05, 3.63) is 224 Å². The van der Waals surface area contributed by atoms with Crippen LogP contribution in [0.5, 0.6) is 0 Å². The van der Waals surface area contributed by atoms with E-state index in [4.69, 9.17) is 4.98 Å². The highest BCUT2D eigenvalue weighted by molar-refractivity contribution is 7.49. The average Bonchev–Trinajstić information content (AvgIpc) is 3.23. The summed E-state index contributed by atoms with van der Waals surface area (Å²) in [5.41, 5.74) is 10.9. The fourth-order valence-electron chi connectivity index (χ4n) is 5.82. The molecule has 0 bridgehead atoms. The van der Waals surface area contributed by atoms with E-state index in [-0.39, 0.29) is 0 Å². The number of aromatic nitrogens is 1. The first-order valence-corrected chi connectivity index (χ1v) is 18.3. The third-order valence-corrected chi connectivity index (χ3v) is 9.52. The first-order chi connectivity index (χ1) is 25.8. The minimum atomic E-state index is 0.351. The zero-order chi connectivity index (χ0) is 35.2. The molecule has 1 N–H and O–H groups in total. The number of hydrogen-bond acceptors (Lipinski definition) is 4. The van der Waals surface area contributed by atoms with Crippen LogP contribution >= 0.6 is 8.73 Å². The van der Waals surface area contributed by atoms with Crippen molar-refractivity contribution in [3.63, 3.8) is 0 Å². The average molecular weight is 691 g/mol. The Morgan fingerprint density at radius 2 is 0.769 bits per heavy atom. The van der Waals surface area contributed by atoms with Gasteiger partial charge in [0.05, 0.1) is 11.1 Å². The third kappa shape index (κ3) is 9.00. The molecule has 0 saturated carbocycles. The van der Waals surface area contributed by atoms with Crippen LogP contribution in [0.2, 0.25) is 0 Å². The lowest BCUT2D eigenvalue weighted by Gasteiger charge is -2.26. The van der Waals surface area contributed by atoms with Gasteiger partial charge in [0, 0.05) is 54.1 Å². The van der Waals surface area contributed by atoms with Gasteiger partial charge in [0.1, 0.15) is 0 Å². The van der Waals surface area contributed by atoms with E-state index in [1.54, 1.807) is 0 Å². The molecule has 0 aliphatic heterocycles. The Balaban J connectivity index is 0.000000271. The zero-order valence-electron chi connectivity index (χ0n) is 28.7. The number of nitrogens with one attached hydrogen (secondary N) is 1. The number of hydrogen-bond donors (Lipinski definition) is 1. The van der Waals surface area contributed by atoms with Gasteiger partial charge in [0.2, 0.25) is 0 Å². The molecule has 0 fully saturated rings. The summed E-state index contributed by atoms with van der Waals surface area (Å²) in [6.07, 6.45) is 0. The van der Waals surface area contributed by atoms with Crippen molar-refractivity contribution in [1.29, 1.82) is 0 Å². The van der Waals surface area contributed by atoms with E-state index in [9.17, 15) is 0 Å². The molecule has 252 valence electrons. The van der Waals surface area contributed by atoms with Crippen molar-refractivity contribution in [1.82, 2.24) is 4.98 Å². The fourth-order valence-corrected chi connectivity index (χ4v) is 6.95. The Bertz CT molecular complexity index is 2120. The van der Waals surface area contributed by atoms with Crippen molar-refractivity contribution in [2.24, 2.45) is 0 Å². The lowest BCUT2D eigenvalue weighted by molar-refractivity contribution is 1.28. The predicted octanol–water partition coefficient (Wildman–Crippen LogP) is 12.7. The van der Waals surface area contributed by atoms with Crippen molar-refractivity contribution in [3.8, 4) is 11.3 Å². The molecule has 0 saturated heterocycles. The Morgan fingerprint density at radius 1 is 0.365 bits per heavy atom. The Kier molecular flexibility index (Phi) is 11.4. The second-order valence-electron chi connectivity index (χ2n) is 11.9. The summed E-state index contributed by atoms with van der Waals surface area (Å²) in [4.78, 5) is 7.41. The molecule has 1 atom stereocenters. The topological polar surface area (TPSA) is 31.4 Å². The van der Waals surface area contributed by atoms with Crippen molar-refractivity contribution < 1.29 is 0 Å². The molecule has 5 heteroatoms. The van der Waals surface area contributed by atoms with Crippen molar-refractivity contribution in [2.75, 3.05) is 14.9 Å². The van der Waals surface area contributed by atoms with E-state index in [0.717, 1.165) is 56.5 Å². The van der Waals surface area contributed by atoms with Crippen LogP contribution in [-0.2, 0) is 0 Å². The quantitative estimate of drug-likeness (QED) is 0.145. The van der Waals surface area contributed by atoms with Gasteiger partial charge in [-0.1, -0.05) is 127 Å². The molecule has 0 radical (unpaired) electrons. The minimum Gasteiger partial charge on any atom is -0.356 e. The van der Waals surface area contributed by atoms with Gasteiger partial charge in [0.25, 0.3) is 0 Å². The van der Waals surface area contributed by atoms with Crippen LogP contribution in [0.15, 0.2) is 224 Å². The summed E-state index contributed by atoms with van der Waals surface area (Å²) in [6, 6.07) is 77.2. The molecule has 0 aliphatic carbocycles. The predicted molar refractivity (Wildman–Crippen MR) is 223 cm³/mol. The molecule has 7 aromatic carbocycles. The van der Waals surface area contributed by atoms with Gasteiger partial charge in [-0.25, -0.2) is 4.98 Å². The normalized spacial score (nSPS) is 10.6. The number of pyridine rings is 1. The number of nitrogens with zero attached hydrogens (tertiary/aromatic N) is 3. The SMILES string of the molecule is c1ccc(N(Pc2cccc(-c3cccc(N(c4ccccc4)c4ccccc4)c3)n2)c2ccccc2)cc1.c1ccc(Nc2ccccc2)cc1. The second kappa shape index (κ2) is 17.4. The van der Waals surface area contributed by atoms with Crippen molar-refractivity contribution >= 4 is 54.0 Å². The van der Waals surface area contributed by atoms with E-state index in [0.29, 0.717) is 8.73 Å². The largest absolute Gasteiger partial charge is 0.356 e. The van der Waals surface area contributed by atoms with Gasteiger partial charge in [-0.2, -0.15) is 0 Å². The van der Waals surface area contributed by atoms with Crippen LogP contribution in [0.4, 0.5) is 39.8 Å². The summed E-state index contributed by atoms with van der Waals surface area (Å²) in [5, 5.41) is 3.30. The van der Waals surface area contributed by atoms with Gasteiger partial charge in [-0.05, 0) is 97.1 Å². The first kappa shape index (κ1) is 34.0. The standard InChI is InChI=1S/C35H28N3P.C12H11N/c1-5-16-29(17-6-1)37(30-18-7-2-8-19-30)33-24-13-15-28(27-33)34-25-14-26-35(36-34)39-38(31-20-9-3-10-21-31)32-22-11-4-12-23-32;1-3-7-11(8-4-1)13-12-9-5-2-6-10-12/h1-27,39H;1-10,13H. The molecule has 8 rings (SSSR count). The van der Waals surface area contributed by atoms with Crippen molar-refractivity contribution in [2.45, 2.75) is 0 Å². The summed E-state index contributed by atoms with van der Waals surface area (Å²) in [6.45, 7) is 0. The third-order valence-electron chi connectivity index (χ3n) is 8.27. The number of benzene rings is 7. The van der Waals surface area contributed by atoms with Gasteiger partial charge >= 0.3 is 0 Å². The maximum atomic E-state index is 5.13. The highest BCUT2D eigenvalue weighted by Crippen LogP contribution is 2.37. The van der Waals surface area contributed by atoms with Gasteiger partial charge in [-0.15, -0.1) is 0 Å². The molecule has 4 nitrogen and oxygen atoms in total. The first-order valence-electron chi connectivity index (χ1n) is 17.3. The smallest absolute Gasteiger partial charge is 0.0818 e. The van der Waals surface area contributed by atoms with Crippen LogP contribution < -0.4 is 20.3 Å². The molecular weight excluding hydrogens is 652 g/mol. The van der Waals surface area contributed by atoms with Crippen LogP contribution in [-0.4, -0.2) is 4.98 Å². The summed E-state index contributed by atoms with van der Waals surface area (Å²) >= 11 is 0. The number of para-hydroxylation sites is 6. The highest BCUT2D eigenvalue weighted by atomic mass is 31.1. The monoisotopic (exact) mass is 690 g/mol. The number of rotatable bonds is 10. The van der Waals surface area contributed by atoms with Gasteiger partial charge < -0.3 is 14.9 Å². The molecule has 0 spiro atoms. The fraction of sp³-hybridized carbons (Fsp3) is 0. The zero-order valence-corrected chi connectivity index (χ0v) is 29.7. The molecule has 8 aromatic rings. The molecule has 1 unspecified atom stereocenters. The summed E-state index contributed by atoms with van der Waals surface area (Å²) < 4.78 is 2.33. The lowest BCUT2D eigenvalue weighted by atomic mass is 10.1. The minimum absolute atomic E-state index is 0.351. The Hall–Kier alpha value is -6.48. The molecule has 0 amide bonds. The summed E-state index contributed by atoms with van der Waals surface area (Å²) in [5.74, 6) is 0. The van der Waals surface area contributed by atoms with Gasteiger partial charge in [-0.3, -0.25) is 0 Å². The van der Waals surface area contributed by atoms with E-state index >= 15 is 0 Å². The van der Waals surface area contributed by atoms with E-state index in [2.05, 4.69) is 167 Å². The lowest BCUT2D eigenvalue weighted by Crippen LogP contribution is -2.13. The Morgan fingerprint density at radius 3 is 1.25 bits per heavy atom. The maximum absolute atomic E-state index is 5.13. The molecule has 52 heavy (non-hydrogen) atoms. The summed E-state index contributed by atoms with van der Waals surface area (Å²) in [7, 11) is 0.351. The van der Waals surface area contributed by atoms with E-state index in [1.165, 1.54) is 0 Å². The van der Waals surface area contributed by atoms with E-state index < -0.39 is 0 Å². The molecular formula is C47H39N4P. The second-order valence-corrected chi connectivity index (χ2v) is 13.1. The molecule has 1 aromatic heterocycles. The highest BCUT2D eigenvalue weighted by Gasteiger charge is 2.15.